The Balaban J connectivity index is 1.62. The topological polar surface area (TPSA) is 83.6 Å². The van der Waals surface area contributed by atoms with E-state index in [9.17, 15) is 18.0 Å². The molecule has 0 radical (unpaired) electrons. The molecule has 0 aliphatic heterocycles. The molecule has 8 heteroatoms. The molecular formula is C27H29ClN2O4S. The van der Waals surface area contributed by atoms with Crippen molar-refractivity contribution >= 4 is 38.9 Å². The van der Waals surface area contributed by atoms with Gasteiger partial charge in [0.25, 0.3) is 5.91 Å². The molecule has 0 saturated carbocycles. The van der Waals surface area contributed by atoms with Crippen LogP contribution < -0.4 is 5.32 Å². The maximum Gasteiger partial charge on any atom is 0.254 e. The number of anilines is 1. The summed E-state index contributed by atoms with van der Waals surface area (Å²) in [7, 11) is -1.50. The molecule has 3 rings (SSSR count). The Labute approximate surface area is 211 Å². The standard InChI is InChI=1S/C27H29ClN2O4S/c1-4-25(20-8-12-22(28)13-9-20)30(3)27(32)21-10-14-23(15-11-21)29-26(31)18-19-6-16-24(17-7-19)35(33,34)5-2/h6-17,25H,4-5,18H2,1-3H3,(H,29,31)/t25-/m1/s1. The summed E-state index contributed by atoms with van der Waals surface area (Å²) in [5.41, 5.74) is 2.81. The summed E-state index contributed by atoms with van der Waals surface area (Å²) in [4.78, 5) is 27.4. The number of rotatable bonds is 9. The van der Waals surface area contributed by atoms with E-state index in [0.717, 1.165) is 12.0 Å². The lowest BCUT2D eigenvalue weighted by atomic mass is 10.0. The highest BCUT2D eigenvalue weighted by molar-refractivity contribution is 7.91. The molecule has 184 valence electrons. The normalized spacial score (nSPS) is 12.1. The molecule has 0 aliphatic rings. The van der Waals surface area contributed by atoms with Gasteiger partial charge in [0, 0.05) is 23.3 Å². The summed E-state index contributed by atoms with van der Waals surface area (Å²) in [6.45, 7) is 3.62. The average molecular weight is 513 g/mol. The van der Waals surface area contributed by atoms with E-state index in [1.165, 1.54) is 12.1 Å². The maximum absolute atomic E-state index is 13.0. The van der Waals surface area contributed by atoms with Crippen LogP contribution in [-0.2, 0) is 21.1 Å². The van der Waals surface area contributed by atoms with E-state index in [4.69, 9.17) is 11.6 Å². The Bertz CT molecular complexity index is 1270. The highest BCUT2D eigenvalue weighted by Crippen LogP contribution is 2.26. The zero-order valence-electron chi connectivity index (χ0n) is 20.0. The van der Waals surface area contributed by atoms with Crippen molar-refractivity contribution in [3.63, 3.8) is 0 Å². The molecule has 1 N–H and O–H groups in total. The first-order valence-electron chi connectivity index (χ1n) is 11.4. The Morgan fingerprint density at radius 1 is 0.914 bits per heavy atom. The van der Waals surface area contributed by atoms with Crippen molar-refractivity contribution in [2.45, 2.75) is 37.6 Å². The lowest BCUT2D eigenvalue weighted by Gasteiger charge is -2.28. The first-order valence-corrected chi connectivity index (χ1v) is 13.4. The molecule has 2 amide bonds. The van der Waals surface area contributed by atoms with Crippen molar-refractivity contribution in [2.75, 3.05) is 18.1 Å². The van der Waals surface area contributed by atoms with Crippen LogP contribution in [0.2, 0.25) is 5.02 Å². The molecule has 0 aliphatic carbocycles. The highest BCUT2D eigenvalue weighted by atomic mass is 35.5. The number of amides is 2. The minimum absolute atomic E-state index is 0.0291. The fraction of sp³-hybridized carbons (Fsp3) is 0.259. The van der Waals surface area contributed by atoms with Crippen molar-refractivity contribution in [1.82, 2.24) is 4.90 Å². The second-order valence-corrected chi connectivity index (χ2v) is 11.0. The van der Waals surface area contributed by atoms with Gasteiger partial charge in [-0.2, -0.15) is 0 Å². The molecule has 0 aromatic heterocycles. The van der Waals surface area contributed by atoms with Crippen molar-refractivity contribution < 1.29 is 18.0 Å². The van der Waals surface area contributed by atoms with Gasteiger partial charge in [-0.25, -0.2) is 8.42 Å². The smallest absolute Gasteiger partial charge is 0.254 e. The zero-order valence-corrected chi connectivity index (χ0v) is 21.6. The van der Waals surface area contributed by atoms with Gasteiger partial charge in [-0.3, -0.25) is 9.59 Å². The summed E-state index contributed by atoms with van der Waals surface area (Å²) in [5, 5.41) is 3.46. The number of nitrogens with one attached hydrogen (secondary N) is 1. The lowest BCUT2D eigenvalue weighted by molar-refractivity contribution is -0.115. The molecule has 0 bridgehead atoms. The molecule has 0 heterocycles. The summed E-state index contributed by atoms with van der Waals surface area (Å²) >= 11 is 5.99. The van der Waals surface area contributed by atoms with Gasteiger partial charge in [-0.1, -0.05) is 49.7 Å². The number of nitrogens with zero attached hydrogens (tertiary/aromatic N) is 1. The van der Waals surface area contributed by atoms with Gasteiger partial charge in [-0.15, -0.1) is 0 Å². The van der Waals surface area contributed by atoms with E-state index in [2.05, 4.69) is 5.32 Å². The van der Waals surface area contributed by atoms with Crippen molar-refractivity contribution in [1.29, 1.82) is 0 Å². The molecule has 3 aromatic rings. The van der Waals surface area contributed by atoms with Gasteiger partial charge in [0.2, 0.25) is 5.91 Å². The molecule has 0 saturated heterocycles. The quantitative estimate of drug-likeness (QED) is 0.408. The first kappa shape index (κ1) is 26.4. The van der Waals surface area contributed by atoms with Crippen LogP contribution in [-0.4, -0.2) is 37.9 Å². The van der Waals surface area contributed by atoms with Crippen LogP contribution in [0.4, 0.5) is 5.69 Å². The molecule has 35 heavy (non-hydrogen) atoms. The van der Waals surface area contributed by atoms with Gasteiger partial charge in [0.05, 0.1) is 23.1 Å². The number of benzene rings is 3. The third-order valence-electron chi connectivity index (χ3n) is 5.87. The fourth-order valence-corrected chi connectivity index (χ4v) is 4.84. The predicted octanol–water partition coefficient (Wildman–Crippen LogP) is 5.54. The first-order chi connectivity index (χ1) is 16.6. The van der Waals surface area contributed by atoms with E-state index < -0.39 is 9.84 Å². The van der Waals surface area contributed by atoms with Crippen LogP contribution in [0.15, 0.2) is 77.7 Å². The Kier molecular flexibility index (Phi) is 8.70. The number of carbonyl (C=O) groups is 2. The molecular weight excluding hydrogens is 484 g/mol. The average Bonchev–Trinajstić information content (AvgIpc) is 2.86. The van der Waals surface area contributed by atoms with E-state index in [-0.39, 0.29) is 34.9 Å². The van der Waals surface area contributed by atoms with E-state index in [1.54, 1.807) is 55.3 Å². The monoisotopic (exact) mass is 512 g/mol. The summed E-state index contributed by atoms with van der Waals surface area (Å²) in [6, 6.07) is 20.5. The van der Waals surface area contributed by atoms with Gasteiger partial charge in [-0.05, 0) is 66.1 Å². The minimum atomic E-state index is -3.27. The highest BCUT2D eigenvalue weighted by Gasteiger charge is 2.21. The zero-order chi connectivity index (χ0) is 25.6. The summed E-state index contributed by atoms with van der Waals surface area (Å²) in [5.74, 6) is -0.325. The van der Waals surface area contributed by atoms with Crippen LogP contribution in [0, 0.1) is 0 Å². The van der Waals surface area contributed by atoms with Gasteiger partial charge in [0.1, 0.15) is 0 Å². The number of sulfone groups is 1. The molecule has 0 fully saturated rings. The second kappa shape index (κ2) is 11.5. The van der Waals surface area contributed by atoms with Crippen molar-refractivity contribution in [3.05, 3.63) is 94.5 Å². The van der Waals surface area contributed by atoms with E-state index in [0.29, 0.717) is 21.8 Å². The molecule has 0 spiro atoms. The number of hydrogen-bond donors (Lipinski definition) is 1. The molecule has 3 aromatic carbocycles. The van der Waals surface area contributed by atoms with Crippen molar-refractivity contribution in [2.24, 2.45) is 0 Å². The molecule has 0 unspecified atom stereocenters. The second-order valence-electron chi connectivity index (χ2n) is 8.24. The maximum atomic E-state index is 13.0. The summed E-state index contributed by atoms with van der Waals surface area (Å²) < 4.78 is 23.8. The third kappa shape index (κ3) is 6.71. The fourth-order valence-electron chi connectivity index (χ4n) is 3.83. The van der Waals surface area contributed by atoms with Crippen LogP contribution in [0.3, 0.4) is 0 Å². The Hall–Kier alpha value is -3.16. The minimum Gasteiger partial charge on any atom is -0.335 e. The van der Waals surface area contributed by atoms with Gasteiger partial charge in [0.15, 0.2) is 9.84 Å². The van der Waals surface area contributed by atoms with E-state index in [1.807, 2.05) is 31.2 Å². The Morgan fingerprint density at radius 3 is 2.06 bits per heavy atom. The number of hydrogen-bond acceptors (Lipinski definition) is 4. The predicted molar refractivity (Wildman–Crippen MR) is 140 cm³/mol. The van der Waals surface area contributed by atoms with E-state index >= 15 is 0 Å². The number of halogens is 1. The molecule has 1 atom stereocenters. The van der Waals surface area contributed by atoms with Crippen molar-refractivity contribution in [3.8, 4) is 0 Å². The Morgan fingerprint density at radius 2 is 1.51 bits per heavy atom. The molecule has 6 nitrogen and oxygen atoms in total. The lowest BCUT2D eigenvalue weighted by Crippen LogP contribution is -2.31. The van der Waals surface area contributed by atoms with Crippen LogP contribution >= 0.6 is 11.6 Å². The van der Waals surface area contributed by atoms with Crippen LogP contribution in [0.5, 0.6) is 0 Å². The largest absolute Gasteiger partial charge is 0.335 e. The SMILES string of the molecule is CC[C@H](c1ccc(Cl)cc1)N(C)C(=O)c1ccc(NC(=O)Cc2ccc(S(=O)(=O)CC)cc2)cc1. The van der Waals surface area contributed by atoms with Crippen LogP contribution in [0.1, 0.15) is 47.8 Å². The van der Waals surface area contributed by atoms with Crippen LogP contribution in [0.25, 0.3) is 0 Å². The summed E-state index contributed by atoms with van der Waals surface area (Å²) in [6.07, 6.45) is 0.860. The number of carbonyl (C=O) groups excluding carboxylic acids is 2. The van der Waals surface area contributed by atoms with Gasteiger partial charge >= 0.3 is 0 Å². The van der Waals surface area contributed by atoms with Gasteiger partial charge < -0.3 is 10.2 Å². The third-order valence-corrected chi connectivity index (χ3v) is 7.87.